The highest BCUT2D eigenvalue weighted by molar-refractivity contribution is 6.20. The molecule has 2 aliphatic heterocycles. The summed E-state index contributed by atoms with van der Waals surface area (Å²) in [6, 6.07) is 0. The normalized spacial score (nSPS) is 23.4. The van der Waals surface area contributed by atoms with Crippen molar-refractivity contribution < 1.29 is 57.3 Å². The highest BCUT2D eigenvalue weighted by atomic mass is 16.7. The molecule has 2 rings (SSSR count). The molecule has 1 saturated heterocycles. The molecule has 0 aromatic carbocycles. The molecule has 1 fully saturated rings. The maximum Gasteiger partial charge on any atom is 0.377 e. The van der Waals surface area contributed by atoms with E-state index in [-0.39, 0.29) is 6.61 Å². The van der Waals surface area contributed by atoms with Gasteiger partial charge in [0.1, 0.15) is 33.9 Å². The number of ether oxygens (including phenoxy) is 5. The van der Waals surface area contributed by atoms with Crippen LogP contribution in [-0.4, -0.2) is 86.4 Å². The lowest BCUT2D eigenvalue weighted by Gasteiger charge is -2.60. The van der Waals surface area contributed by atoms with Crippen LogP contribution in [-0.2, 0) is 57.3 Å². The van der Waals surface area contributed by atoms with Gasteiger partial charge in [-0.2, -0.15) is 0 Å². The maximum absolute atomic E-state index is 14.5. The molecule has 0 radical (unpaired) electrons. The van der Waals surface area contributed by atoms with E-state index in [0.717, 1.165) is 0 Å². The fourth-order valence-electron chi connectivity index (χ4n) is 5.04. The quantitative estimate of drug-likeness (QED) is 0.238. The Morgan fingerprint density at radius 1 is 0.681 bits per heavy atom. The maximum atomic E-state index is 14.5. The number of carbonyl (C=O) groups is 6. The molecule has 0 saturated carbocycles. The van der Waals surface area contributed by atoms with Crippen molar-refractivity contribution >= 4 is 35.8 Å². The molecule has 0 unspecified atom stereocenters. The first-order chi connectivity index (χ1) is 20.8. The summed E-state index contributed by atoms with van der Waals surface area (Å²) in [6.45, 7) is 24.5. The molecule has 0 aromatic rings. The van der Waals surface area contributed by atoms with Gasteiger partial charge in [0.05, 0.1) is 6.61 Å². The lowest BCUT2D eigenvalue weighted by Crippen LogP contribution is -2.90. The van der Waals surface area contributed by atoms with Gasteiger partial charge >= 0.3 is 29.8 Å². The number of amides is 1. The zero-order valence-corrected chi connectivity index (χ0v) is 30.6. The largest absolute Gasteiger partial charge is 0.464 e. The second-order valence-corrected chi connectivity index (χ2v) is 16.5. The van der Waals surface area contributed by atoms with E-state index in [0.29, 0.717) is 5.06 Å². The third-order valence-electron chi connectivity index (χ3n) is 6.23. The minimum Gasteiger partial charge on any atom is -0.464 e. The molecule has 3 atom stereocenters. The van der Waals surface area contributed by atoms with Crippen LogP contribution in [0.25, 0.3) is 0 Å². The van der Waals surface area contributed by atoms with Gasteiger partial charge in [0.25, 0.3) is 5.91 Å². The van der Waals surface area contributed by atoms with E-state index in [1.807, 2.05) is 0 Å². The van der Waals surface area contributed by atoms with Gasteiger partial charge in [0.2, 0.25) is 16.8 Å². The predicted octanol–water partition coefficient (Wildman–Crippen LogP) is 3.44. The second kappa shape index (κ2) is 12.4. The fraction of sp³-hybridized carbons (Fsp3) is 0.758. The summed E-state index contributed by atoms with van der Waals surface area (Å²) in [5.41, 5.74) is -12.2. The van der Waals surface area contributed by atoms with Gasteiger partial charge in [0.15, 0.2) is 0 Å². The number of hydroxylamine groups is 2. The Labute approximate surface area is 277 Å². The number of esters is 5. The monoisotopic (exact) mass is 668 g/mol. The molecule has 2 heterocycles. The molecular weight excluding hydrogens is 616 g/mol. The van der Waals surface area contributed by atoms with E-state index in [4.69, 9.17) is 28.5 Å². The topological polar surface area (TPSA) is 173 Å². The van der Waals surface area contributed by atoms with E-state index in [1.54, 1.807) is 41.5 Å². The first kappa shape index (κ1) is 39.5. The molecular formula is C33H52N2O12. The number of hydrogen-bond acceptors (Lipinski definition) is 13. The molecule has 266 valence electrons. The summed E-state index contributed by atoms with van der Waals surface area (Å²) >= 11 is 0. The van der Waals surface area contributed by atoms with Crippen LogP contribution in [0.5, 0.6) is 0 Å². The van der Waals surface area contributed by atoms with Gasteiger partial charge in [0, 0.05) is 5.54 Å². The first-order valence-electron chi connectivity index (χ1n) is 15.5. The molecule has 2 aliphatic rings. The van der Waals surface area contributed by atoms with Crippen molar-refractivity contribution in [2.45, 2.75) is 150 Å². The summed E-state index contributed by atoms with van der Waals surface area (Å²) in [4.78, 5) is 91.5. The lowest BCUT2D eigenvalue weighted by atomic mass is 9.57. The zero-order valence-electron chi connectivity index (χ0n) is 30.6. The predicted molar refractivity (Wildman–Crippen MR) is 167 cm³/mol. The standard InChI is InChI=1S/C33H52N2O12/c1-17-42-25(40)32-18(21(36)43-28(5,6)7)19(22(37)44-29(8,9)10)47-35(32)33(24(39)34-27(2,3)4,26(41)46-31(14,15)16)20(32)23(38)45-30(11,12)13/h20H,17H2,1-16H3,(H,34,39)/t20-,32-,33+/m1/s1. The van der Waals surface area contributed by atoms with Gasteiger partial charge < -0.3 is 33.8 Å². The minimum atomic E-state index is -2.84. The van der Waals surface area contributed by atoms with Crippen LogP contribution in [0, 0.1) is 5.92 Å². The summed E-state index contributed by atoms with van der Waals surface area (Å²) < 4.78 is 28.0. The number of fused-ring (bicyclic) bond motifs is 1. The number of rotatable bonds is 7. The van der Waals surface area contributed by atoms with E-state index in [1.165, 1.54) is 69.2 Å². The van der Waals surface area contributed by atoms with Crippen LogP contribution in [0.4, 0.5) is 0 Å². The van der Waals surface area contributed by atoms with Gasteiger partial charge in [-0.15, -0.1) is 0 Å². The van der Waals surface area contributed by atoms with Crippen LogP contribution in [0.2, 0.25) is 0 Å². The van der Waals surface area contributed by atoms with E-state index in [9.17, 15) is 28.8 Å². The highest BCUT2D eigenvalue weighted by Crippen LogP contribution is 2.62. The van der Waals surface area contributed by atoms with Crippen LogP contribution >= 0.6 is 0 Å². The average molecular weight is 669 g/mol. The number of nitrogens with zero attached hydrogens (tertiary/aromatic N) is 1. The van der Waals surface area contributed by atoms with Crippen LogP contribution in [0.1, 0.15) is 111 Å². The SMILES string of the molecule is CCOC(=O)[C@]12C(C(=O)OC(C)(C)C)=C(C(=O)OC(C)(C)C)ON1[C@@](C(=O)NC(C)(C)C)(C(=O)OC(C)(C)C)[C@@H]2C(=O)OC(C)(C)C. The van der Waals surface area contributed by atoms with Crippen LogP contribution < -0.4 is 5.32 Å². The second-order valence-electron chi connectivity index (χ2n) is 16.5. The van der Waals surface area contributed by atoms with Crippen molar-refractivity contribution in [3.05, 3.63) is 11.3 Å². The molecule has 0 aromatic heterocycles. The van der Waals surface area contributed by atoms with Crippen molar-refractivity contribution in [1.82, 2.24) is 10.4 Å². The van der Waals surface area contributed by atoms with Crippen LogP contribution in [0.15, 0.2) is 11.3 Å². The van der Waals surface area contributed by atoms with Gasteiger partial charge in [-0.1, -0.05) is 5.06 Å². The average Bonchev–Trinajstić information content (AvgIpc) is 3.06. The zero-order chi connectivity index (χ0) is 36.9. The van der Waals surface area contributed by atoms with E-state index in [2.05, 4.69) is 5.32 Å². The van der Waals surface area contributed by atoms with Gasteiger partial charge in [-0.05, 0) is 111 Å². The smallest absolute Gasteiger partial charge is 0.377 e. The molecule has 0 bridgehead atoms. The Kier molecular flexibility index (Phi) is 10.4. The molecule has 14 heteroatoms. The van der Waals surface area contributed by atoms with Crippen LogP contribution in [0.3, 0.4) is 0 Å². The summed E-state index contributed by atoms with van der Waals surface area (Å²) in [7, 11) is 0. The molecule has 0 aliphatic carbocycles. The lowest BCUT2D eigenvalue weighted by molar-refractivity contribution is -0.314. The molecule has 1 N–H and O–H groups in total. The summed E-state index contributed by atoms with van der Waals surface area (Å²) in [5, 5.41) is 3.20. The minimum absolute atomic E-state index is 0.271. The Bertz CT molecular complexity index is 1320. The third kappa shape index (κ3) is 8.07. The number of nitrogens with one attached hydrogen (secondary N) is 1. The van der Waals surface area contributed by atoms with Crippen molar-refractivity contribution in [3.8, 4) is 0 Å². The Morgan fingerprint density at radius 2 is 1.13 bits per heavy atom. The summed E-state index contributed by atoms with van der Waals surface area (Å²) in [5.74, 6) is -10.6. The van der Waals surface area contributed by atoms with E-state index >= 15 is 0 Å². The van der Waals surface area contributed by atoms with Crippen molar-refractivity contribution in [2.75, 3.05) is 6.61 Å². The highest BCUT2D eigenvalue weighted by Gasteiger charge is 2.91. The number of hydrogen-bond donors (Lipinski definition) is 1. The first-order valence-corrected chi connectivity index (χ1v) is 15.5. The Balaban J connectivity index is 3.23. The Morgan fingerprint density at radius 3 is 1.53 bits per heavy atom. The Hall–Kier alpha value is -3.68. The van der Waals surface area contributed by atoms with Crippen molar-refractivity contribution in [3.63, 3.8) is 0 Å². The summed E-state index contributed by atoms with van der Waals surface area (Å²) in [6.07, 6.45) is 0. The van der Waals surface area contributed by atoms with Crippen molar-refractivity contribution in [2.24, 2.45) is 5.92 Å². The van der Waals surface area contributed by atoms with E-state index < -0.39 is 92.0 Å². The molecule has 0 spiro atoms. The fourth-order valence-corrected chi connectivity index (χ4v) is 5.04. The van der Waals surface area contributed by atoms with Crippen molar-refractivity contribution in [1.29, 1.82) is 0 Å². The molecule has 47 heavy (non-hydrogen) atoms. The number of carbonyl (C=O) groups excluding carboxylic acids is 6. The molecule has 1 amide bonds. The third-order valence-corrected chi connectivity index (χ3v) is 6.23. The van der Waals surface area contributed by atoms with Gasteiger partial charge in [-0.3, -0.25) is 9.59 Å². The molecule has 14 nitrogen and oxygen atoms in total. The van der Waals surface area contributed by atoms with Gasteiger partial charge in [-0.25, -0.2) is 19.2 Å².